The Morgan fingerprint density at radius 1 is 1.26 bits per heavy atom. The van der Waals surface area contributed by atoms with Crippen LogP contribution in [0.4, 0.5) is 0 Å². The van der Waals surface area contributed by atoms with Gasteiger partial charge in [-0.25, -0.2) is 8.42 Å². The standard InChI is InChI=1S/C19H28N2O5S/c1-12-9-14(19(3,4)5)10-13(2)17(12)27(24,25)21-8-7-20-18(23)15(21)11-16(22)26-6/h9-10,15H,7-8,11H2,1-6H3,(H,20,23)/t15-/m1/s1. The third-order valence-corrected chi connectivity index (χ3v) is 6.98. The minimum Gasteiger partial charge on any atom is -0.469 e. The molecule has 1 aliphatic heterocycles. The van der Waals surface area contributed by atoms with Crippen molar-refractivity contribution >= 4 is 21.9 Å². The van der Waals surface area contributed by atoms with Gasteiger partial charge in [-0.05, 0) is 36.0 Å². The maximum Gasteiger partial charge on any atom is 0.307 e. The van der Waals surface area contributed by atoms with Gasteiger partial charge >= 0.3 is 5.97 Å². The minimum absolute atomic E-state index is 0.107. The number of carbonyl (C=O) groups is 2. The summed E-state index contributed by atoms with van der Waals surface area (Å²) in [5.41, 5.74) is 2.18. The molecule has 1 aromatic carbocycles. The first kappa shape index (κ1) is 21.4. The second-order valence-corrected chi connectivity index (χ2v) is 9.72. The van der Waals surface area contributed by atoms with Crippen LogP contribution in [-0.2, 0) is 29.8 Å². The van der Waals surface area contributed by atoms with Gasteiger partial charge in [0.15, 0.2) is 0 Å². The monoisotopic (exact) mass is 396 g/mol. The molecule has 1 aromatic rings. The van der Waals surface area contributed by atoms with E-state index in [1.807, 2.05) is 12.1 Å². The fraction of sp³-hybridized carbons (Fsp3) is 0.579. The van der Waals surface area contributed by atoms with E-state index in [-0.39, 0.29) is 29.8 Å². The number of methoxy groups -OCH3 is 1. The van der Waals surface area contributed by atoms with Gasteiger partial charge in [0.2, 0.25) is 15.9 Å². The van der Waals surface area contributed by atoms with Gasteiger partial charge < -0.3 is 10.1 Å². The summed E-state index contributed by atoms with van der Waals surface area (Å²) in [7, 11) is -2.75. The van der Waals surface area contributed by atoms with Gasteiger partial charge in [0.1, 0.15) is 6.04 Å². The molecular weight excluding hydrogens is 368 g/mol. The molecule has 0 aromatic heterocycles. The van der Waals surface area contributed by atoms with Crippen LogP contribution in [0.25, 0.3) is 0 Å². The molecule has 0 aliphatic carbocycles. The molecule has 27 heavy (non-hydrogen) atoms. The highest BCUT2D eigenvalue weighted by Gasteiger charge is 2.41. The number of amides is 1. The zero-order valence-electron chi connectivity index (χ0n) is 16.8. The van der Waals surface area contributed by atoms with Crippen LogP contribution in [0.3, 0.4) is 0 Å². The Bertz CT molecular complexity index is 832. The smallest absolute Gasteiger partial charge is 0.307 e. The normalized spacial score (nSPS) is 18.9. The average Bonchev–Trinajstić information content (AvgIpc) is 2.54. The van der Waals surface area contributed by atoms with Gasteiger partial charge in [0, 0.05) is 13.1 Å². The number of rotatable bonds is 4. The summed E-state index contributed by atoms with van der Waals surface area (Å²) >= 11 is 0. The van der Waals surface area contributed by atoms with E-state index in [1.54, 1.807) is 13.8 Å². The highest BCUT2D eigenvalue weighted by Crippen LogP contribution is 2.32. The first-order valence-electron chi connectivity index (χ1n) is 8.87. The molecule has 0 spiro atoms. The van der Waals surface area contributed by atoms with Crippen molar-refractivity contribution in [3.63, 3.8) is 0 Å². The lowest BCUT2D eigenvalue weighted by molar-refractivity contribution is -0.144. The zero-order valence-corrected chi connectivity index (χ0v) is 17.6. The molecule has 0 radical (unpaired) electrons. The first-order valence-corrected chi connectivity index (χ1v) is 10.3. The molecule has 0 bridgehead atoms. The number of benzene rings is 1. The maximum atomic E-state index is 13.4. The molecule has 2 rings (SSSR count). The van der Waals surface area contributed by atoms with E-state index in [1.165, 1.54) is 7.11 Å². The summed E-state index contributed by atoms with van der Waals surface area (Å²) in [6.07, 6.45) is -0.320. The lowest BCUT2D eigenvalue weighted by atomic mass is 9.85. The topological polar surface area (TPSA) is 92.8 Å². The Morgan fingerprint density at radius 3 is 2.30 bits per heavy atom. The van der Waals surface area contributed by atoms with Crippen molar-refractivity contribution in [2.75, 3.05) is 20.2 Å². The van der Waals surface area contributed by atoms with Crippen LogP contribution in [0.15, 0.2) is 17.0 Å². The van der Waals surface area contributed by atoms with E-state index in [4.69, 9.17) is 0 Å². The number of piperazine rings is 1. The SMILES string of the molecule is COC(=O)C[C@@H]1C(=O)NCCN1S(=O)(=O)c1c(C)cc(C(C)(C)C)cc1C. The predicted octanol–water partition coefficient (Wildman–Crippen LogP) is 1.65. The van der Waals surface area contributed by atoms with Crippen LogP contribution in [-0.4, -0.2) is 50.8 Å². The largest absolute Gasteiger partial charge is 0.469 e. The van der Waals surface area contributed by atoms with E-state index in [0.29, 0.717) is 11.1 Å². The molecule has 1 heterocycles. The number of nitrogens with one attached hydrogen (secondary N) is 1. The Labute approximate surface area is 161 Å². The molecular formula is C19H28N2O5S. The number of hydrogen-bond acceptors (Lipinski definition) is 5. The quantitative estimate of drug-likeness (QED) is 0.781. The van der Waals surface area contributed by atoms with E-state index >= 15 is 0 Å². The molecule has 7 nitrogen and oxygen atoms in total. The molecule has 1 saturated heterocycles. The number of esters is 1. The average molecular weight is 397 g/mol. The summed E-state index contributed by atoms with van der Waals surface area (Å²) in [6.45, 7) is 10.0. The predicted molar refractivity (Wildman–Crippen MR) is 102 cm³/mol. The maximum absolute atomic E-state index is 13.4. The van der Waals surface area contributed by atoms with Crippen molar-refractivity contribution in [3.05, 3.63) is 28.8 Å². The molecule has 1 amide bonds. The van der Waals surface area contributed by atoms with Crippen molar-refractivity contribution in [2.45, 2.75) is 57.4 Å². The number of aryl methyl sites for hydroxylation is 2. The number of hydrogen-bond donors (Lipinski definition) is 1. The minimum atomic E-state index is -3.96. The van der Waals surface area contributed by atoms with Crippen LogP contribution < -0.4 is 5.32 Å². The van der Waals surface area contributed by atoms with E-state index in [2.05, 4.69) is 30.8 Å². The molecule has 150 valence electrons. The number of ether oxygens (including phenoxy) is 1. The highest BCUT2D eigenvalue weighted by molar-refractivity contribution is 7.89. The van der Waals surface area contributed by atoms with E-state index in [9.17, 15) is 18.0 Å². The summed E-state index contributed by atoms with van der Waals surface area (Å²) < 4.78 is 32.6. The van der Waals surface area contributed by atoms with E-state index < -0.39 is 27.9 Å². The van der Waals surface area contributed by atoms with Crippen molar-refractivity contribution in [3.8, 4) is 0 Å². The summed E-state index contributed by atoms with van der Waals surface area (Å²) in [4.78, 5) is 24.2. The highest BCUT2D eigenvalue weighted by atomic mass is 32.2. The molecule has 0 unspecified atom stereocenters. The third-order valence-electron chi connectivity index (χ3n) is 4.76. The summed E-state index contributed by atoms with van der Waals surface area (Å²) in [5, 5.41) is 2.62. The summed E-state index contributed by atoms with van der Waals surface area (Å²) in [6, 6.07) is 2.63. The van der Waals surface area contributed by atoms with Crippen LogP contribution in [0.1, 0.15) is 43.9 Å². The fourth-order valence-corrected chi connectivity index (χ4v) is 5.33. The summed E-state index contributed by atoms with van der Waals surface area (Å²) in [5.74, 6) is -1.12. The first-order chi connectivity index (χ1) is 12.4. The van der Waals surface area contributed by atoms with Crippen LogP contribution in [0.2, 0.25) is 0 Å². The van der Waals surface area contributed by atoms with Gasteiger partial charge in [-0.2, -0.15) is 4.31 Å². The Balaban J connectivity index is 2.53. The van der Waals surface area contributed by atoms with Crippen molar-refractivity contribution in [1.29, 1.82) is 0 Å². The Morgan fingerprint density at radius 2 is 1.81 bits per heavy atom. The molecule has 1 N–H and O–H groups in total. The van der Waals surface area contributed by atoms with Crippen LogP contribution in [0, 0.1) is 13.8 Å². The number of carbonyl (C=O) groups excluding carboxylic acids is 2. The van der Waals surface area contributed by atoms with Gasteiger partial charge in [-0.3, -0.25) is 9.59 Å². The van der Waals surface area contributed by atoms with Crippen LogP contribution >= 0.6 is 0 Å². The molecule has 1 fully saturated rings. The molecule has 0 saturated carbocycles. The van der Waals surface area contributed by atoms with Gasteiger partial charge in [0.25, 0.3) is 0 Å². The molecule has 8 heteroatoms. The lowest BCUT2D eigenvalue weighted by Crippen LogP contribution is -2.57. The fourth-order valence-electron chi connectivity index (χ4n) is 3.32. The van der Waals surface area contributed by atoms with Crippen molar-refractivity contribution in [2.24, 2.45) is 0 Å². The van der Waals surface area contributed by atoms with Crippen molar-refractivity contribution in [1.82, 2.24) is 9.62 Å². The Kier molecular flexibility index (Phi) is 6.01. The Hall–Kier alpha value is -1.93. The van der Waals surface area contributed by atoms with Crippen LogP contribution in [0.5, 0.6) is 0 Å². The molecule has 1 atom stereocenters. The van der Waals surface area contributed by atoms with E-state index in [0.717, 1.165) is 9.87 Å². The van der Waals surface area contributed by atoms with Gasteiger partial charge in [-0.15, -0.1) is 0 Å². The third kappa shape index (κ3) is 4.32. The lowest BCUT2D eigenvalue weighted by Gasteiger charge is -2.34. The van der Waals surface area contributed by atoms with Crippen molar-refractivity contribution < 1.29 is 22.7 Å². The zero-order chi connectivity index (χ0) is 20.6. The van der Waals surface area contributed by atoms with Gasteiger partial charge in [-0.1, -0.05) is 32.9 Å². The second kappa shape index (κ2) is 7.59. The van der Waals surface area contributed by atoms with Gasteiger partial charge in [0.05, 0.1) is 18.4 Å². The number of sulfonamides is 1. The molecule has 1 aliphatic rings. The second-order valence-electron chi connectivity index (χ2n) is 7.89. The number of nitrogens with zero attached hydrogens (tertiary/aromatic N) is 1.